The van der Waals surface area contributed by atoms with Gasteiger partial charge in [0.15, 0.2) is 0 Å². The zero-order valence-corrected chi connectivity index (χ0v) is 10.9. The van der Waals surface area contributed by atoms with Gasteiger partial charge in [-0.3, -0.25) is 0 Å². The molecule has 0 radical (unpaired) electrons. The first-order chi connectivity index (χ1) is 7.11. The summed E-state index contributed by atoms with van der Waals surface area (Å²) in [5, 5.41) is 1.34. The van der Waals surface area contributed by atoms with Crippen LogP contribution in [0.5, 0.6) is 0 Å². The number of hydrogen-bond acceptors (Lipinski definition) is 1. The van der Waals surface area contributed by atoms with Gasteiger partial charge in [-0.15, -0.1) is 0 Å². The van der Waals surface area contributed by atoms with Crippen LogP contribution >= 0.6 is 0 Å². The van der Waals surface area contributed by atoms with E-state index in [1.807, 2.05) is 12.1 Å². The standard InChI is InChI=1S/C13H20OSi/c1-5-11-14-15(3,4)13-10-8-7-9-12(13)6-2/h6-10H,2,5,11H2,1,3-4H3. The highest BCUT2D eigenvalue weighted by molar-refractivity contribution is 6.84. The van der Waals surface area contributed by atoms with Crippen LogP contribution < -0.4 is 5.19 Å². The van der Waals surface area contributed by atoms with Crippen LogP contribution in [-0.4, -0.2) is 14.9 Å². The number of benzene rings is 1. The topological polar surface area (TPSA) is 9.23 Å². The summed E-state index contributed by atoms with van der Waals surface area (Å²) in [5.74, 6) is 0. The lowest BCUT2D eigenvalue weighted by Crippen LogP contribution is -2.46. The highest BCUT2D eigenvalue weighted by Gasteiger charge is 2.26. The largest absolute Gasteiger partial charge is 0.413 e. The monoisotopic (exact) mass is 220 g/mol. The molecule has 2 heteroatoms. The zero-order valence-electron chi connectivity index (χ0n) is 9.92. The third kappa shape index (κ3) is 3.04. The van der Waals surface area contributed by atoms with Crippen LogP contribution in [-0.2, 0) is 4.43 Å². The van der Waals surface area contributed by atoms with E-state index in [1.165, 1.54) is 10.8 Å². The Morgan fingerprint density at radius 1 is 1.33 bits per heavy atom. The van der Waals surface area contributed by atoms with Crippen molar-refractivity contribution in [3.8, 4) is 0 Å². The average Bonchev–Trinajstić information content (AvgIpc) is 2.26. The molecule has 1 rings (SSSR count). The molecule has 0 aromatic heterocycles. The Bertz CT molecular complexity index is 331. The predicted molar refractivity (Wildman–Crippen MR) is 69.9 cm³/mol. The first-order valence-corrected chi connectivity index (χ1v) is 8.38. The molecule has 0 heterocycles. The maximum Gasteiger partial charge on any atom is 0.218 e. The highest BCUT2D eigenvalue weighted by Crippen LogP contribution is 2.10. The summed E-state index contributed by atoms with van der Waals surface area (Å²) in [4.78, 5) is 0. The fourth-order valence-corrected chi connectivity index (χ4v) is 3.91. The molecule has 0 amide bonds. The van der Waals surface area contributed by atoms with Gasteiger partial charge >= 0.3 is 0 Å². The van der Waals surface area contributed by atoms with Crippen molar-refractivity contribution in [2.24, 2.45) is 0 Å². The van der Waals surface area contributed by atoms with Gasteiger partial charge in [0, 0.05) is 6.61 Å². The van der Waals surface area contributed by atoms with Gasteiger partial charge in [0.25, 0.3) is 0 Å². The maximum atomic E-state index is 6.00. The molecule has 0 bridgehead atoms. The van der Waals surface area contributed by atoms with Crippen LogP contribution in [0, 0.1) is 0 Å². The van der Waals surface area contributed by atoms with E-state index in [4.69, 9.17) is 4.43 Å². The fourth-order valence-electron chi connectivity index (χ4n) is 1.66. The van der Waals surface area contributed by atoms with Crippen molar-refractivity contribution in [1.82, 2.24) is 0 Å². The van der Waals surface area contributed by atoms with Gasteiger partial charge in [-0.2, -0.15) is 0 Å². The minimum absolute atomic E-state index is 0.852. The molecule has 0 unspecified atom stereocenters. The molecule has 0 spiro atoms. The van der Waals surface area contributed by atoms with Crippen LogP contribution in [0.25, 0.3) is 6.08 Å². The second kappa shape index (κ2) is 5.28. The fraction of sp³-hybridized carbons (Fsp3) is 0.385. The molecule has 0 fully saturated rings. The van der Waals surface area contributed by atoms with E-state index >= 15 is 0 Å². The molecule has 0 aliphatic carbocycles. The van der Waals surface area contributed by atoms with Gasteiger partial charge in [-0.05, 0) is 30.3 Å². The quantitative estimate of drug-likeness (QED) is 0.693. The Labute approximate surface area is 93.9 Å². The Balaban J connectivity index is 2.97. The Morgan fingerprint density at radius 3 is 2.60 bits per heavy atom. The molecular formula is C13H20OSi. The highest BCUT2D eigenvalue weighted by atomic mass is 28.4. The van der Waals surface area contributed by atoms with Crippen LogP contribution in [0.4, 0.5) is 0 Å². The summed E-state index contributed by atoms with van der Waals surface area (Å²) < 4.78 is 6.00. The van der Waals surface area contributed by atoms with Gasteiger partial charge in [0.2, 0.25) is 8.32 Å². The second-order valence-corrected chi connectivity index (χ2v) is 8.00. The number of rotatable bonds is 5. The molecule has 0 atom stereocenters. The molecular weight excluding hydrogens is 200 g/mol. The summed E-state index contributed by atoms with van der Waals surface area (Å²) in [6.45, 7) is 11.3. The van der Waals surface area contributed by atoms with E-state index < -0.39 is 8.32 Å². The van der Waals surface area contributed by atoms with Crippen molar-refractivity contribution in [1.29, 1.82) is 0 Å². The average molecular weight is 220 g/mol. The van der Waals surface area contributed by atoms with Gasteiger partial charge in [0.1, 0.15) is 0 Å². The SMILES string of the molecule is C=Cc1ccccc1[Si](C)(C)OCCC. The summed E-state index contributed by atoms with van der Waals surface area (Å²) in [7, 11) is -1.74. The number of hydrogen-bond donors (Lipinski definition) is 0. The van der Waals surface area contributed by atoms with Crippen LogP contribution in [0.3, 0.4) is 0 Å². The van der Waals surface area contributed by atoms with Crippen molar-refractivity contribution in [2.75, 3.05) is 6.61 Å². The first kappa shape index (κ1) is 12.2. The summed E-state index contributed by atoms with van der Waals surface area (Å²) in [6, 6.07) is 8.39. The van der Waals surface area contributed by atoms with Crippen molar-refractivity contribution in [3.63, 3.8) is 0 Å². The smallest absolute Gasteiger partial charge is 0.218 e. The molecule has 0 aliphatic heterocycles. The van der Waals surface area contributed by atoms with E-state index in [1.54, 1.807) is 0 Å². The maximum absolute atomic E-state index is 6.00. The third-order valence-electron chi connectivity index (χ3n) is 2.50. The van der Waals surface area contributed by atoms with E-state index in [2.05, 4.69) is 44.8 Å². The Kier molecular flexibility index (Phi) is 4.30. The molecule has 0 saturated carbocycles. The Morgan fingerprint density at radius 2 is 2.00 bits per heavy atom. The van der Waals surface area contributed by atoms with E-state index in [0.717, 1.165) is 13.0 Å². The predicted octanol–water partition coefficient (Wildman–Crippen LogP) is 3.17. The van der Waals surface area contributed by atoms with Crippen LogP contribution in [0.1, 0.15) is 18.9 Å². The normalized spacial score (nSPS) is 11.4. The third-order valence-corrected chi connectivity index (χ3v) is 5.17. The summed E-state index contributed by atoms with van der Waals surface area (Å²) in [5.41, 5.74) is 1.21. The van der Waals surface area contributed by atoms with E-state index in [-0.39, 0.29) is 0 Å². The van der Waals surface area contributed by atoms with Crippen LogP contribution in [0.15, 0.2) is 30.8 Å². The first-order valence-electron chi connectivity index (χ1n) is 5.47. The van der Waals surface area contributed by atoms with E-state index in [9.17, 15) is 0 Å². The van der Waals surface area contributed by atoms with Crippen molar-refractivity contribution < 1.29 is 4.43 Å². The minimum atomic E-state index is -1.74. The lowest BCUT2D eigenvalue weighted by Gasteiger charge is -2.24. The molecule has 82 valence electrons. The van der Waals surface area contributed by atoms with E-state index in [0.29, 0.717) is 0 Å². The molecule has 0 N–H and O–H groups in total. The lowest BCUT2D eigenvalue weighted by molar-refractivity contribution is 0.315. The van der Waals surface area contributed by atoms with Crippen molar-refractivity contribution in [3.05, 3.63) is 36.4 Å². The van der Waals surface area contributed by atoms with Crippen LogP contribution in [0.2, 0.25) is 13.1 Å². The molecule has 1 nitrogen and oxygen atoms in total. The van der Waals surface area contributed by atoms with Crippen molar-refractivity contribution in [2.45, 2.75) is 26.4 Å². The zero-order chi connectivity index (χ0) is 11.3. The molecule has 15 heavy (non-hydrogen) atoms. The molecule has 0 aliphatic rings. The van der Waals surface area contributed by atoms with Gasteiger partial charge in [-0.25, -0.2) is 0 Å². The minimum Gasteiger partial charge on any atom is -0.413 e. The summed E-state index contributed by atoms with van der Waals surface area (Å²) in [6.07, 6.45) is 2.99. The molecule has 1 aromatic carbocycles. The van der Waals surface area contributed by atoms with Gasteiger partial charge in [0.05, 0.1) is 0 Å². The molecule has 1 aromatic rings. The lowest BCUT2D eigenvalue weighted by atomic mass is 10.2. The van der Waals surface area contributed by atoms with Crippen molar-refractivity contribution >= 4 is 19.6 Å². The summed E-state index contributed by atoms with van der Waals surface area (Å²) >= 11 is 0. The molecule has 0 saturated heterocycles. The Hall–Kier alpha value is -0.863. The van der Waals surface area contributed by atoms with Gasteiger partial charge < -0.3 is 4.43 Å². The second-order valence-electron chi connectivity index (χ2n) is 4.15. The van der Waals surface area contributed by atoms with Gasteiger partial charge in [-0.1, -0.05) is 43.8 Å².